The highest BCUT2D eigenvalue weighted by atomic mass is 19.4. The van der Waals surface area contributed by atoms with Crippen molar-refractivity contribution in [2.75, 3.05) is 0 Å². The Bertz CT molecular complexity index is 977. The monoisotopic (exact) mass is 374 g/mol. The Morgan fingerprint density at radius 1 is 1.11 bits per heavy atom. The fraction of sp³-hybridized carbons (Fsp3) is 0.200. The van der Waals surface area contributed by atoms with Gasteiger partial charge in [-0.05, 0) is 36.1 Å². The minimum Gasteiger partial charge on any atom is -0.480 e. The molecule has 0 saturated carbocycles. The van der Waals surface area contributed by atoms with Crippen LogP contribution in [0.1, 0.15) is 22.4 Å². The molecule has 0 aliphatic heterocycles. The summed E-state index contributed by atoms with van der Waals surface area (Å²) in [5, 5.41) is 13.1. The normalized spacial score (nSPS) is 11.6. The van der Waals surface area contributed by atoms with Crippen LogP contribution in [0.4, 0.5) is 13.2 Å². The highest BCUT2D eigenvalue weighted by molar-refractivity contribution is 5.70. The summed E-state index contributed by atoms with van der Waals surface area (Å²) in [5.74, 6) is -0.999. The highest BCUT2D eigenvalue weighted by Crippen LogP contribution is 2.32. The summed E-state index contributed by atoms with van der Waals surface area (Å²) in [6.45, 7) is 1.52. The van der Waals surface area contributed by atoms with Gasteiger partial charge in [0, 0.05) is 11.8 Å². The van der Waals surface area contributed by atoms with Crippen molar-refractivity contribution in [2.24, 2.45) is 0 Å². The average Bonchev–Trinajstić information content (AvgIpc) is 2.94. The van der Waals surface area contributed by atoms with Crippen LogP contribution in [-0.4, -0.2) is 20.9 Å². The van der Waals surface area contributed by atoms with Crippen LogP contribution in [0, 0.1) is 6.92 Å². The van der Waals surface area contributed by atoms with Gasteiger partial charge in [-0.1, -0.05) is 42.5 Å². The molecule has 1 N–H and O–H groups in total. The molecule has 0 radical (unpaired) electrons. The van der Waals surface area contributed by atoms with Gasteiger partial charge in [-0.25, -0.2) is 0 Å². The number of aryl methyl sites for hydroxylation is 1. The number of halogens is 3. The van der Waals surface area contributed by atoms with Crippen LogP contribution >= 0.6 is 0 Å². The molecule has 4 nitrogen and oxygen atoms in total. The lowest BCUT2D eigenvalue weighted by Gasteiger charge is -2.11. The van der Waals surface area contributed by atoms with E-state index in [1.807, 2.05) is 24.3 Å². The average molecular weight is 374 g/mol. The molecule has 0 unspecified atom stereocenters. The van der Waals surface area contributed by atoms with Crippen molar-refractivity contribution in [3.05, 3.63) is 77.1 Å². The standard InChI is InChI=1S/C20H17F3N2O2/c1-13-18(11-25(24-13)12-19(26)27)17-8-3-2-6-15(17)9-14-5-4-7-16(10-14)20(21,22)23/h2-8,10-11H,9,12H2,1H3,(H,26,27). The van der Waals surface area contributed by atoms with Gasteiger partial charge in [0.15, 0.2) is 0 Å². The summed E-state index contributed by atoms with van der Waals surface area (Å²) >= 11 is 0. The van der Waals surface area contributed by atoms with Gasteiger partial charge in [-0.15, -0.1) is 0 Å². The first kappa shape index (κ1) is 18.7. The zero-order chi connectivity index (χ0) is 19.6. The van der Waals surface area contributed by atoms with E-state index < -0.39 is 17.7 Å². The van der Waals surface area contributed by atoms with Gasteiger partial charge >= 0.3 is 12.1 Å². The molecule has 2 aromatic carbocycles. The van der Waals surface area contributed by atoms with Gasteiger partial charge in [-0.2, -0.15) is 18.3 Å². The van der Waals surface area contributed by atoms with Gasteiger partial charge in [0.1, 0.15) is 6.54 Å². The number of nitrogens with zero attached hydrogens (tertiary/aromatic N) is 2. The van der Waals surface area contributed by atoms with E-state index in [4.69, 9.17) is 5.11 Å². The third kappa shape index (κ3) is 4.36. The van der Waals surface area contributed by atoms with Gasteiger partial charge in [-0.3, -0.25) is 9.48 Å². The summed E-state index contributed by atoms with van der Waals surface area (Å²) in [7, 11) is 0. The van der Waals surface area contributed by atoms with E-state index in [0.29, 0.717) is 17.7 Å². The number of hydrogen-bond acceptors (Lipinski definition) is 2. The molecule has 0 aliphatic carbocycles. The lowest BCUT2D eigenvalue weighted by Crippen LogP contribution is -2.08. The van der Waals surface area contributed by atoms with E-state index in [-0.39, 0.29) is 6.54 Å². The first-order chi connectivity index (χ1) is 12.7. The summed E-state index contributed by atoms with van der Waals surface area (Å²) < 4.78 is 40.2. The number of aromatic nitrogens is 2. The molecule has 3 rings (SSSR count). The second-order valence-electron chi connectivity index (χ2n) is 6.25. The largest absolute Gasteiger partial charge is 0.480 e. The molecular weight excluding hydrogens is 357 g/mol. The predicted molar refractivity (Wildman–Crippen MR) is 94.3 cm³/mol. The zero-order valence-electron chi connectivity index (χ0n) is 14.5. The number of rotatable bonds is 5. The van der Waals surface area contributed by atoms with E-state index in [1.54, 1.807) is 19.2 Å². The summed E-state index contributed by atoms with van der Waals surface area (Å²) in [5.41, 5.74) is 2.96. The molecule has 0 atom stereocenters. The predicted octanol–water partition coefficient (Wildman–Crippen LogP) is 4.55. The molecule has 0 bridgehead atoms. The van der Waals surface area contributed by atoms with Crippen LogP contribution < -0.4 is 0 Å². The minimum atomic E-state index is -4.38. The maximum Gasteiger partial charge on any atom is 0.416 e. The molecule has 7 heteroatoms. The molecule has 1 heterocycles. The Kier molecular flexibility index (Phi) is 5.03. The van der Waals surface area contributed by atoms with E-state index >= 15 is 0 Å². The van der Waals surface area contributed by atoms with Gasteiger partial charge in [0.2, 0.25) is 0 Å². The van der Waals surface area contributed by atoms with Crippen LogP contribution in [0.3, 0.4) is 0 Å². The van der Waals surface area contributed by atoms with Crippen molar-refractivity contribution >= 4 is 5.97 Å². The summed E-state index contributed by atoms with van der Waals surface area (Å²) in [4.78, 5) is 10.9. The van der Waals surface area contributed by atoms with E-state index in [1.165, 1.54) is 10.7 Å². The first-order valence-electron chi connectivity index (χ1n) is 8.24. The van der Waals surface area contributed by atoms with Crippen molar-refractivity contribution in [3.8, 4) is 11.1 Å². The maximum absolute atomic E-state index is 13.0. The number of benzene rings is 2. The minimum absolute atomic E-state index is 0.253. The fourth-order valence-corrected chi connectivity index (χ4v) is 3.02. The molecule has 27 heavy (non-hydrogen) atoms. The van der Waals surface area contributed by atoms with Crippen molar-refractivity contribution in [1.82, 2.24) is 9.78 Å². The number of alkyl halides is 3. The number of carboxylic acid groups (broad SMARTS) is 1. The smallest absolute Gasteiger partial charge is 0.416 e. The lowest BCUT2D eigenvalue weighted by atomic mass is 9.95. The maximum atomic E-state index is 13.0. The molecular formula is C20H17F3N2O2. The fourth-order valence-electron chi connectivity index (χ4n) is 3.02. The quantitative estimate of drug-likeness (QED) is 0.713. The van der Waals surface area contributed by atoms with E-state index in [2.05, 4.69) is 5.10 Å². The molecule has 0 fully saturated rings. The Hall–Kier alpha value is -3.09. The van der Waals surface area contributed by atoms with Crippen molar-refractivity contribution in [2.45, 2.75) is 26.1 Å². The van der Waals surface area contributed by atoms with Crippen LogP contribution in [0.15, 0.2) is 54.7 Å². The van der Waals surface area contributed by atoms with Gasteiger partial charge in [0.25, 0.3) is 0 Å². The SMILES string of the molecule is Cc1nn(CC(=O)O)cc1-c1ccccc1Cc1cccc(C(F)(F)F)c1. The molecule has 140 valence electrons. The van der Waals surface area contributed by atoms with Crippen molar-refractivity contribution in [1.29, 1.82) is 0 Å². The molecule has 0 aliphatic rings. The molecule has 3 aromatic rings. The second-order valence-corrected chi connectivity index (χ2v) is 6.25. The molecule has 1 aromatic heterocycles. The Morgan fingerprint density at radius 2 is 1.85 bits per heavy atom. The van der Waals surface area contributed by atoms with E-state index in [9.17, 15) is 18.0 Å². The number of aliphatic carboxylic acids is 1. The number of hydrogen-bond donors (Lipinski definition) is 1. The lowest BCUT2D eigenvalue weighted by molar-refractivity contribution is -0.138. The van der Waals surface area contributed by atoms with Crippen LogP contribution in [-0.2, 0) is 23.9 Å². The van der Waals surface area contributed by atoms with Crippen molar-refractivity contribution < 1.29 is 23.1 Å². The highest BCUT2D eigenvalue weighted by Gasteiger charge is 2.30. The third-order valence-corrected chi connectivity index (χ3v) is 4.20. The van der Waals surface area contributed by atoms with Crippen LogP contribution in [0.5, 0.6) is 0 Å². The molecule has 0 saturated heterocycles. The molecule has 0 amide bonds. The van der Waals surface area contributed by atoms with Crippen LogP contribution in [0.25, 0.3) is 11.1 Å². The second kappa shape index (κ2) is 7.26. The van der Waals surface area contributed by atoms with E-state index in [0.717, 1.165) is 28.8 Å². The van der Waals surface area contributed by atoms with Gasteiger partial charge in [0.05, 0.1) is 11.3 Å². The van der Waals surface area contributed by atoms with Crippen molar-refractivity contribution in [3.63, 3.8) is 0 Å². The van der Waals surface area contributed by atoms with Crippen LogP contribution in [0.2, 0.25) is 0 Å². The summed E-state index contributed by atoms with van der Waals surface area (Å²) in [6, 6.07) is 12.6. The zero-order valence-corrected chi connectivity index (χ0v) is 14.5. The van der Waals surface area contributed by atoms with Gasteiger partial charge < -0.3 is 5.11 Å². The third-order valence-electron chi connectivity index (χ3n) is 4.20. The number of carbonyl (C=O) groups is 1. The first-order valence-corrected chi connectivity index (χ1v) is 8.24. The Morgan fingerprint density at radius 3 is 2.56 bits per heavy atom. The summed E-state index contributed by atoms with van der Waals surface area (Å²) in [6.07, 6.45) is -2.41. The molecule has 0 spiro atoms. The Balaban J connectivity index is 1.96. The number of carboxylic acids is 1. The topological polar surface area (TPSA) is 55.1 Å². The Labute approximate surface area is 153 Å².